The minimum Gasteiger partial charge on any atom is -0.453 e. The summed E-state index contributed by atoms with van der Waals surface area (Å²) in [6.45, 7) is 8.24. The Bertz CT molecular complexity index is 1150. The topological polar surface area (TPSA) is 61.8 Å². The van der Waals surface area contributed by atoms with Crippen LogP contribution in [0.4, 0.5) is 0 Å². The van der Waals surface area contributed by atoms with Crippen molar-refractivity contribution in [3.63, 3.8) is 0 Å². The highest BCUT2D eigenvalue weighted by molar-refractivity contribution is 5.98. The van der Waals surface area contributed by atoms with E-state index in [4.69, 9.17) is 14.2 Å². The fourth-order valence-electron chi connectivity index (χ4n) is 4.43. The van der Waals surface area contributed by atoms with Crippen LogP contribution in [-0.2, 0) is 9.59 Å². The van der Waals surface area contributed by atoms with E-state index < -0.39 is 0 Å². The molecule has 0 saturated carbocycles. The van der Waals surface area contributed by atoms with Crippen LogP contribution in [0.1, 0.15) is 79.1 Å². The molecule has 0 heterocycles. The molecule has 37 heavy (non-hydrogen) atoms. The van der Waals surface area contributed by atoms with Crippen molar-refractivity contribution < 1.29 is 23.8 Å². The Labute approximate surface area is 221 Å². The Kier molecular flexibility index (Phi) is 11.0. The molecule has 5 nitrogen and oxygen atoms in total. The highest BCUT2D eigenvalue weighted by atomic mass is 16.6. The van der Waals surface area contributed by atoms with Gasteiger partial charge in [-0.05, 0) is 37.8 Å². The predicted octanol–water partition coefficient (Wildman–Crippen LogP) is 8.88. The van der Waals surface area contributed by atoms with E-state index in [1.807, 2.05) is 68.4 Å². The van der Waals surface area contributed by atoms with Crippen molar-refractivity contribution in [2.24, 2.45) is 11.8 Å². The van der Waals surface area contributed by atoms with Crippen LogP contribution in [0.2, 0.25) is 0 Å². The molecule has 0 spiro atoms. The number of fused-ring (bicyclic) bond motifs is 1. The van der Waals surface area contributed by atoms with Crippen molar-refractivity contribution in [1.29, 1.82) is 0 Å². The smallest absolute Gasteiger partial charge is 0.314 e. The third-order valence-electron chi connectivity index (χ3n) is 6.77. The van der Waals surface area contributed by atoms with Crippen LogP contribution in [0.3, 0.4) is 0 Å². The maximum absolute atomic E-state index is 13.2. The summed E-state index contributed by atoms with van der Waals surface area (Å²) in [5.74, 6) is 0.809. The monoisotopic (exact) mass is 504 g/mol. The third-order valence-corrected chi connectivity index (χ3v) is 6.77. The van der Waals surface area contributed by atoms with Gasteiger partial charge in [-0.15, -0.1) is 0 Å². The maximum atomic E-state index is 13.2. The molecule has 0 saturated heterocycles. The average molecular weight is 505 g/mol. The SMILES string of the molecule is CCCCC(CC)C(=O)Oc1cc(Oc2ccccc2)c(OC(=O)C(CC)CCCC)c2ccccc12. The van der Waals surface area contributed by atoms with Crippen molar-refractivity contribution in [1.82, 2.24) is 0 Å². The van der Waals surface area contributed by atoms with Gasteiger partial charge in [0.25, 0.3) is 0 Å². The number of benzene rings is 3. The van der Waals surface area contributed by atoms with E-state index in [-0.39, 0.29) is 23.8 Å². The van der Waals surface area contributed by atoms with Gasteiger partial charge in [-0.25, -0.2) is 0 Å². The first kappa shape index (κ1) is 28.2. The summed E-state index contributed by atoms with van der Waals surface area (Å²) in [4.78, 5) is 26.3. The average Bonchev–Trinajstić information content (AvgIpc) is 2.92. The summed E-state index contributed by atoms with van der Waals surface area (Å²) in [5.41, 5.74) is 0. The molecule has 0 radical (unpaired) electrons. The molecule has 3 rings (SSSR count). The van der Waals surface area contributed by atoms with Gasteiger partial charge in [0.05, 0.1) is 11.8 Å². The van der Waals surface area contributed by atoms with Crippen LogP contribution in [-0.4, -0.2) is 11.9 Å². The van der Waals surface area contributed by atoms with Gasteiger partial charge >= 0.3 is 11.9 Å². The van der Waals surface area contributed by atoms with E-state index >= 15 is 0 Å². The summed E-state index contributed by atoms with van der Waals surface area (Å²) >= 11 is 0. The normalized spacial score (nSPS) is 12.6. The molecule has 0 N–H and O–H groups in total. The number of esters is 2. The third kappa shape index (κ3) is 7.58. The van der Waals surface area contributed by atoms with Crippen LogP contribution in [0.5, 0.6) is 23.0 Å². The summed E-state index contributed by atoms with van der Waals surface area (Å²) < 4.78 is 18.3. The number of ether oxygens (including phenoxy) is 3. The minimum absolute atomic E-state index is 0.168. The summed E-state index contributed by atoms with van der Waals surface area (Å²) in [7, 11) is 0. The van der Waals surface area contributed by atoms with Gasteiger partial charge in [0.2, 0.25) is 0 Å². The van der Waals surface area contributed by atoms with Crippen LogP contribution in [0.15, 0.2) is 60.7 Å². The second-order valence-electron chi connectivity index (χ2n) is 9.50. The van der Waals surface area contributed by atoms with Crippen molar-refractivity contribution >= 4 is 22.7 Å². The zero-order valence-corrected chi connectivity index (χ0v) is 22.6. The molecular formula is C32H40O5. The molecule has 198 valence electrons. The number of rotatable bonds is 14. The molecule has 3 aromatic carbocycles. The fraction of sp³-hybridized carbons (Fsp3) is 0.438. The summed E-state index contributed by atoms with van der Waals surface area (Å²) in [6, 6.07) is 18.5. The van der Waals surface area contributed by atoms with E-state index in [9.17, 15) is 9.59 Å². The van der Waals surface area contributed by atoms with Crippen LogP contribution in [0.25, 0.3) is 10.8 Å². The van der Waals surface area contributed by atoms with Gasteiger partial charge < -0.3 is 14.2 Å². The molecule has 2 atom stereocenters. The number of para-hydroxylation sites is 1. The van der Waals surface area contributed by atoms with Gasteiger partial charge in [0.15, 0.2) is 11.5 Å². The van der Waals surface area contributed by atoms with E-state index in [0.29, 0.717) is 40.2 Å². The van der Waals surface area contributed by atoms with Gasteiger partial charge in [0, 0.05) is 16.8 Å². The lowest BCUT2D eigenvalue weighted by Gasteiger charge is -2.20. The van der Waals surface area contributed by atoms with Crippen LogP contribution >= 0.6 is 0 Å². The Balaban J connectivity index is 2.06. The fourth-order valence-corrected chi connectivity index (χ4v) is 4.43. The van der Waals surface area contributed by atoms with Crippen molar-refractivity contribution in [2.75, 3.05) is 0 Å². The quantitative estimate of drug-likeness (QED) is 0.162. The lowest BCUT2D eigenvalue weighted by Crippen LogP contribution is -2.21. The minimum atomic E-state index is -0.269. The summed E-state index contributed by atoms with van der Waals surface area (Å²) in [6.07, 6.45) is 6.99. The highest BCUT2D eigenvalue weighted by Crippen LogP contribution is 2.44. The van der Waals surface area contributed by atoms with E-state index in [2.05, 4.69) is 13.8 Å². The van der Waals surface area contributed by atoms with Crippen molar-refractivity contribution in [3.8, 4) is 23.0 Å². The first-order valence-corrected chi connectivity index (χ1v) is 13.7. The summed E-state index contributed by atoms with van der Waals surface area (Å²) in [5, 5.41) is 1.37. The van der Waals surface area contributed by atoms with E-state index in [1.165, 1.54) is 0 Å². The molecule has 3 aromatic rings. The van der Waals surface area contributed by atoms with Gasteiger partial charge in [-0.1, -0.05) is 95.8 Å². The van der Waals surface area contributed by atoms with Crippen molar-refractivity contribution in [2.45, 2.75) is 79.1 Å². The molecule has 0 amide bonds. The molecule has 2 unspecified atom stereocenters. The Morgan fingerprint density at radius 1 is 0.676 bits per heavy atom. The lowest BCUT2D eigenvalue weighted by molar-refractivity contribution is -0.140. The van der Waals surface area contributed by atoms with E-state index in [0.717, 1.165) is 44.9 Å². The first-order chi connectivity index (χ1) is 18.0. The Morgan fingerprint density at radius 2 is 1.22 bits per heavy atom. The molecule has 0 aromatic heterocycles. The Morgan fingerprint density at radius 3 is 1.78 bits per heavy atom. The number of hydrogen-bond acceptors (Lipinski definition) is 5. The first-order valence-electron chi connectivity index (χ1n) is 13.7. The Hall–Kier alpha value is -3.34. The molecule has 0 aliphatic heterocycles. The van der Waals surface area contributed by atoms with Crippen molar-refractivity contribution in [3.05, 3.63) is 60.7 Å². The van der Waals surface area contributed by atoms with Crippen LogP contribution < -0.4 is 14.2 Å². The van der Waals surface area contributed by atoms with E-state index in [1.54, 1.807) is 6.07 Å². The molecule has 0 aliphatic rings. The zero-order valence-electron chi connectivity index (χ0n) is 22.6. The van der Waals surface area contributed by atoms with Gasteiger partial charge in [-0.3, -0.25) is 9.59 Å². The second kappa shape index (κ2) is 14.4. The zero-order chi connectivity index (χ0) is 26.6. The number of unbranched alkanes of at least 4 members (excludes halogenated alkanes) is 2. The number of hydrogen-bond donors (Lipinski definition) is 0. The second-order valence-corrected chi connectivity index (χ2v) is 9.50. The highest BCUT2D eigenvalue weighted by Gasteiger charge is 2.25. The predicted molar refractivity (Wildman–Crippen MR) is 148 cm³/mol. The molecule has 5 heteroatoms. The van der Waals surface area contributed by atoms with Crippen LogP contribution in [0, 0.1) is 11.8 Å². The van der Waals surface area contributed by atoms with Gasteiger partial charge in [-0.2, -0.15) is 0 Å². The largest absolute Gasteiger partial charge is 0.453 e. The molecular weight excluding hydrogens is 464 g/mol. The standard InChI is InChI=1S/C32H40O5/c1-5-9-16-23(7-3)31(33)36-28-22-29(35-25-18-12-11-13-19-25)30(27-21-15-14-20-26(27)28)37-32(34)24(8-4)17-10-6-2/h11-15,18-24H,5-10,16-17H2,1-4H3. The molecule has 0 aliphatic carbocycles. The maximum Gasteiger partial charge on any atom is 0.314 e. The lowest BCUT2D eigenvalue weighted by atomic mass is 9.99. The molecule has 0 fully saturated rings. The number of carbonyl (C=O) groups excluding carboxylic acids is 2. The molecule has 0 bridgehead atoms. The van der Waals surface area contributed by atoms with Gasteiger partial charge in [0.1, 0.15) is 11.5 Å². The number of carbonyl (C=O) groups is 2.